The Morgan fingerprint density at radius 3 is 3.06 bits per heavy atom. The molecule has 1 aliphatic heterocycles. The maximum atomic E-state index is 2.32. The summed E-state index contributed by atoms with van der Waals surface area (Å²) in [5.74, 6) is 0. The van der Waals surface area contributed by atoms with Gasteiger partial charge >= 0.3 is 0 Å². The molecule has 0 saturated heterocycles. The van der Waals surface area contributed by atoms with E-state index in [2.05, 4.69) is 71.6 Å². The van der Waals surface area contributed by atoms with Crippen molar-refractivity contribution in [2.45, 2.75) is 6.42 Å². The fraction of sp³-hybridized carbons (Fsp3) is 0.0588. The predicted molar refractivity (Wildman–Crippen MR) is 77.1 cm³/mol. The summed E-state index contributed by atoms with van der Waals surface area (Å²) in [7, 11) is 0. The standard InChI is InChI=1S/C17H13N/c1-3-9-15-13(6-1)8-5-11-18-12-14-7-2-4-10-16(14)17(15)18/h1-2,4-12H,3H2. The van der Waals surface area contributed by atoms with Crippen LogP contribution in [-0.4, -0.2) is 4.57 Å². The third-order valence-corrected chi connectivity index (χ3v) is 3.60. The Balaban J connectivity index is 2.10. The van der Waals surface area contributed by atoms with E-state index in [9.17, 15) is 0 Å². The van der Waals surface area contributed by atoms with Gasteiger partial charge < -0.3 is 4.57 Å². The predicted octanol–water partition coefficient (Wildman–Crippen LogP) is 4.40. The number of rotatable bonds is 0. The minimum atomic E-state index is 1.02. The minimum Gasteiger partial charge on any atom is -0.322 e. The lowest BCUT2D eigenvalue weighted by atomic mass is 9.95. The lowest BCUT2D eigenvalue weighted by Gasteiger charge is -2.12. The third-order valence-electron chi connectivity index (χ3n) is 3.60. The molecule has 0 spiro atoms. The van der Waals surface area contributed by atoms with Crippen molar-refractivity contribution in [3.63, 3.8) is 0 Å². The second-order valence-electron chi connectivity index (χ2n) is 4.69. The van der Waals surface area contributed by atoms with Crippen LogP contribution in [0.25, 0.3) is 22.5 Å². The molecule has 0 bridgehead atoms. The minimum absolute atomic E-state index is 1.02. The summed E-state index contributed by atoms with van der Waals surface area (Å²) in [5.41, 5.74) is 3.97. The lowest BCUT2D eigenvalue weighted by Crippen LogP contribution is -1.96. The molecule has 1 aromatic carbocycles. The zero-order valence-electron chi connectivity index (χ0n) is 10.0. The molecule has 0 amide bonds. The fourth-order valence-electron chi connectivity index (χ4n) is 2.79. The lowest BCUT2D eigenvalue weighted by molar-refractivity contribution is 1.15. The van der Waals surface area contributed by atoms with E-state index >= 15 is 0 Å². The summed E-state index contributed by atoms with van der Waals surface area (Å²) >= 11 is 0. The second kappa shape index (κ2) is 3.61. The van der Waals surface area contributed by atoms with Gasteiger partial charge in [-0.15, -0.1) is 0 Å². The molecule has 2 aromatic rings. The molecule has 2 aliphatic rings. The molecule has 0 atom stereocenters. The van der Waals surface area contributed by atoms with Crippen molar-refractivity contribution in [3.8, 4) is 0 Å². The number of benzene rings is 1. The van der Waals surface area contributed by atoms with Crippen LogP contribution in [-0.2, 0) is 0 Å². The highest BCUT2D eigenvalue weighted by molar-refractivity contribution is 5.99. The van der Waals surface area contributed by atoms with Gasteiger partial charge in [0.1, 0.15) is 0 Å². The van der Waals surface area contributed by atoms with Crippen LogP contribution in [0.2, 0.25) is 0 Å². The quantitative estimate of drug-likeness (QED) is 0.633. The SMILES string of the molecule is C1=Cn2cc3ccccc3c2C2=CCC=CC2=C1. The van der Waals surface area contributed by atoms with Crippen LogP contribution in [0.1, 0.15) is 12.1 Å². The highest BCUT2D eigenvalue weighted by Crippen LogP contribution is 2.35. The van der Waals surface area contributed by atoms with E-state index in [1.54, 1.807) is 0 Å². The molecular weight excluding hydrogens is 218 g/mol. The van der Waals surface area contributed by atoms with Crippen LogP contribution in [0.5, 0.6) is 0 Å². The Hall–Kier alpha value is -2.28. The first-order chi connectivity index (χ1) is 8.93. The number of nitrogens with zero attached hydrogens (tertiary/aromatic N) is 1. The molecular formula is C17H13N. The largest absolute Gasteiger partial charge is 0.322 e. The number of aromatic nitrogens is 1. The van der Waals surface area contributed by atoms with Crippen LogP contribution in [0.15, 0.2) is 66.4 Å². The Morgan fingerprint density at radius 2 is 2.06 bits per heavy atom. The number of allylic oxidation sites excluding steroid dienone is 7. The molecule has 0 saturated carbocycles. The molecule has 2 heterocycles. The Morgan fingerprint density at radius 1 is 1.11 bits per heavy atom. The smallest absolute Gasteiger partial charge is 0.0604 e. The van der Waals surface area contributed by atoms with Crippen LogP contribution in [0, 0.1) is 0 Å². The number of hydrogen-bond acceptors (Lipinski definition) is 0. The average Bonchev–Trinajstić information content (AvgIpc) is 2.68. The summed E-state index contributed by atoms with van der Waals surface area (Å²) in [6.07, 6.45) is 16.4. The number of hydrogen-bond donors (Lipinski definition) is 0. The van der Waals surface area contributed by atoms with Gasteiger partial charge in [0.25, 0.3) is 0 Å². The zero-order chi connectivity index (χ0) is 11.9. The van der Waals surface area contributed by atoms with Crippen molar-refractivity contribution in [2.75, 3.05) is 0 Å². The maximum absolute atomic E-state index is 2.32. The van der Waals surface area contributed by atoms with Crippen molar-refractivity contribution in [1.29, 1.82) is 0 Å². The van der Waals surface area contributed by atoms with Crippen LogP contribution in [0.4, 0.5) is 0 Å². The van der Waals surface area contributed by atoms with Crippen LogP contribution >= 0.6 is 0 Å². The molecule has 0 unspecified atom stereocenters. The van der Waals surface area contributed by atoms with Crippen molar-refractivity contribution in [1.82, 2.24) is 4.57 Å². The Bertz CT molecular complexity index is 751. The van der Waals surface area contributed by atoms with E-state index in [1.165, 1.54) is 27.6 Å². The van der Waals surface area contributed by atoms with Gasteiger partial charge in [-0.25, -0.2) is 0 Å². The Labute approximate surface area is 106 Å². The van der Waals surface area contributed by atoms with Gasteiger partial charge in [0.15, 0.2) is 0 Å². The summed E-state index contributed by atoms with van der Waals surface area (Å²) in [6, 6.07) is 8.59. The molecule has 86 valence electrons. The monoisotopic (exact) mass is 231 g/mol. The summed E-state index contributed by atoms with van der Waals surface area (Å²) in [4.78, 5) is 0. The highest BCUT2D eigenvalue weighted by Gasteiger charge is 2.17. The molecule has 0 N–H and O–H groups in total. The van der Waals surface area contributed by atoms with Crippen LogP contribution < -0.4 is 0 Å². The third kappa shape index (κ3) is 1.28. The zero-order valence-corrected chi connectivity index (χ0v) is 10.0. The fourth-order valence-corrected chi connectivity index (χ4v) is 2.79. The summed E-state index contributed by atoms with van der Waals surface area (Å²) in [6.45, 7) is 0. The van der Waals surface area contributed by atoms with Crippen LogP contribution in [0.3, 0.4) is 0 Å². The summed E-state index contributed by atoms with van der Waals surface area (Å²) < 4.78 is 2.24. The van der Waals surface area contributed by atoms with Gasteiger partial charge in [-0.3, -0.25) is 0 Å². The molecule has 1 aliphatic carbocycles. The van der Waals surface area contributed by atoms with E-state index in [1.807, 2.05) is 0 Å². The molecule has 1 nitrogen and oxygen atoms in total. The van der Waals surface area contributed by atoms with E-state index in [-0.39, 0.29) is 0 Å². The van der Waals surface area contributed by atoms with Crippen molar-refractivity contribution >= 4 is 22.5 Å². The maximum Gasteiger partial charge on any atom is 0.0604 e. The van der Waals surface area contributed by atoms with Gasteiger partial charge in [0, 0.05) is 28.7 Å². The van der Waals surface area contributed by atoms with Crippen molar-refractivity contribution in [2.24, 2.45) is 0 Å². The average molecular weight is 231 g/mol. The second-order valence-corrected chi connectivity index (χ2v) is 4.69. The molecule has 1 aromatic heterocycles. The first-order valence-electron chi connectivity index (χ1n) is 6.29. The molecule has 4 rings (SSSR count). The first kappa shape index (κ1) is 9.72. The van der Waals surface area contributed by atoms with Gasteiger partial charge in [-0.2, -0.15) is 0 Å². The van der Waals surface area contributed by atoms with E-state index in [0.717, 1.165) is 6.42 Å². The van der Waals surface area contributed by atoms with Gasteiger partial charge in [-0.1, -0.05) is 48.6 Å². The van der Waals surface area contributed by atoms with Gasteiger partial charge in [0.2, 0.25) is 0 Å². The highest BCUT2D eigenvalue weighted by atomic mass is 14.9. The number of fused-ring (bicyclic) bond motifs is 5. The summed E-state index contributed by atoms with van der Waals surface area (Å²) in [5, 5.41) is 2.63. The normalized spacial score (nSPS) is 16.9. The van der Waals surface area contributed by atoms with Crippen molar-refractivity contribution < 1.29 is 0 Å². The van der Waals surface area contributed by atoms with E-state index in [0.29, 0.717) is 0 Å². The topological polar surface area (TPSA) is 4.93 Å². The van der Waals surface area contributed by atoms with E-state index < -0.39 is 0 Å². The molecule has 18 heavy (non-hydrogen) atoms. The Kier molecular flexibility index (Phi) is 1.95. The van der Waals surface area contributed by atoms with E-state index in [4.69, 9.17) is 0 Å². The molecule has 0 fully saturated rings. The molecule has 0 radical (unpaired) electrons. The van der Waals surface area contributed by atoms with Crippen molar-refractivity contribution in [3.05, 3.63) is 72.1 Å². The molecule has 1 heteroatoms. The first-order valence-corrected chi connectivity index (χ1v) is 6.29. The van der Waals surface area contributed by atoms with Gasteiger partial charge in [-0.05, 0) is 18.1 Å². The van der Waals surface area contributed by atoms with Gasteiger partial charge in [0.05, 0.1) is 5.69 Å².